The highest BCUT2D eigenvalue weighted by atomic mass is 79.9. The van der Waals surface area contributed by atoms with Crippen LogP contribution in [0, 0.1) is 5.82 Å². The summed E-state index contributed by atoms with van der Waals surface area (Å²) in [5, 5.41) is 6.17. The van der Waals surface area contributed by atoms with Crippen molar-refractivity contribution in [2.45, 2.75) is 18.5 Å². The molecule has 154 valence electrons. The number of aliphatic imine (C=N–C) groups is 1. The number of thiazole rings is 1. The number of carbonyl (C=O) groups is 1. The third-order valence-electron chi connectivity index (χ3n) is 5.38. The summed E-state index contributed by atoms with van der Waals surface area (Å²) in [6.45, 7) is 1.06. The summed E-state index contributed by atoms with van der Waals surface area (Å²) in [7, 11) is 0. The minimum absolute atomic E-state index is 0.0273. The number of aromatic nitrogens is 1. The summed E-state index contributed by atoms with van der Waals surface area (Å²) in [6.07, 6.45) is 2.84. The second-order valence-corrected chi connectivity index (χ2v) is 10.0. The molecule has 3 aromatic rings. The SMILES string of the molecule is NC1=NC2(CCN(C(=O)c3cnc(-c4sccc4Br)s3)CC2)Nc2cccc(F)c21. The number of nitrogens with two attached hydrogens (primary N) is 1. The highest BCUT2D eigenvalue weighted by Crippen LogP contribution is 2.38. The van der Waals surface area contributed by atoms with E-state index in [0.717, 1.165) is 14.4 Å². The number of hydrogen-bond donors (Lipinski definition) is 2. The standard InChI is InChI=1S/C20H17BrFN5OS2/c21-11-4-9-29-16(11)18-24-10-14(30-18)19(28)27-7-5-20(6-8-27)25-13-3-1-2-12(22)15(13)17(23)26-20/h1-4,9-10,25H,5-8H2,(H2,23,26). The van der Waals surface area contributed by atoms with Gasteiger partial charge in [-0.1, -0.05) is 6.07 Å². The van der Waals surface area contributed by atoms with Gasteiger partial charge in [0.15, 0.2) is 0 Å². The largest absolute Gasteiger partial charge is 0.383 e. The molecule has 2 aliphatic heterocycles. The lowest BCUT2D eigenvalue weighted by Crippen LogP contribution is -2.52. The van der Waals surface area contributed by atoms with E-state index >= 15 is 0 Å². The zero-order valence-electron chi connectivity index (χ0n) is 15.7. The molecule has 1 spiro atoms. The number of anilines is 1. The zero-order chi connectivity index (χ0) is 20.9. The van der Waals surface area contributed by atoms with Crippen LogP contribution < -0.4 is 11.1 Å². The molecule has 1 aromatic carbocycles. The van der Waals surface area contributed by atoms with Gasteiger partial charge in [-0.2, -0.15) is 0 Å². The van der Waals surface area contributed by atoms with Crippen molar-refractivity contribution in [3.63, 3.8) is 0 Å². The first-order valence-electron chi connectivity index (χ1n) is 9.37. The van der Waals surface area contributed by atoms with Gasteiger partial charge >= 0.3 is 0 Å². The van der Waals surface area contributed by atoms with Crippen LogP contribution in [0.25, 0.3) is 9.88 Å². The fraction of sp³-hybridized carbons (Fsp3) is 0.250. The lowest BCUT2D eigenvalue weighted by Gasteiger charge is -2.42. The van der Waals surface area contributed by atoms with Crippen molar-refractivity contribution in [1.29, 1.82) is 0 Å². The molecule has 4 heterocycles. The van der Waals surface area contributed by atoms with E-state index in [-0.39, 0.29) is 17.6 Å². The number of likely N-dealkylation sites (tertiary alicyclic amines) is 1. The Morgan fingerprint density at radius 1 is 1.30 bits per heavy atom. The van der Waals surface area contributed by atoms with Crippen molar-refractivity contribution >= 4 is 56.0 Å². The second kappa shape index (κ2) is 7.44. The lowest BCUT2D eigenvalue weighted by atomic mass is 9.93. The monoisotopic (exact) mass is 505 g/mol. The minimum atomic E-state index is -0.609. The number of fused-ring (bicyclic) bond motifs is 1. The van der Waals surface area contributed by atoms with Crippen LogP contribution in [0.1, 0.15) is 28.1 Å². The van der Waals surface area contributed by atoms with E-state index in [0.29, 0.717) is 42.1 Å². The quantitative estimate of drug-likeness (QED) is 0.535. The highest BCUT2D eigenvalue weighted by molar-refractivity contribution is 9.10. The Balaban J connectivity index is 1.31. The smallest absolute Gasteiger partial charge is 0.265 e. The van der Waals surface area contributed by atoms with Crippen LogP contribution in [0.3, 0.4) is 0 Å². The first-order valence-corrected chi connectivity index (χ1v) is 11.9. The van der Waals surface area contributed by atoms with Crippen LogP contribution >= 0.6 is 38.6 Å². The van der Waals surface area contributed by atoms with Crippen molar-refractivity contribution < 1.29 is 9.18 Å². The summed E-state index contributed by atoms with van der Waals surface area (Å²) in [5.74, 6) is -0.210. The molecule has 1 saturated heterocycles. The number of carbonyl (C=O) groups excluding carboxylic acids is 1. The molecule has 0 bridgehead atoms. The zero-order valence-corrected chi connectivity index (χ0v) is 18.9. The molecule has 6 nitrogen and oxygen atoms in total. The Labute approximate surface area is 188 Å². The average Bonchev–Trinajstić information content (AvgIpc) is 3.36. The summed E-state index contributed by atoms with van der Waals surface area (Å²) < 4.78 is 15.1. The molecule has 30 heavy (non-hydrogen) atoms. The van der Waals surface area contributed by atoms with E-state index < -0.39 is 5.66 Å². The van der Waals surface area contributed by atoms with E-state index in [9.17, 15) is 9.18 Å². The Kier molecular flexibility index (Phi) is 4.87. The summed E-state index contributed by atoms with van der Waals surface area (Å²) in [5.41, 5.74) is 6.44. The summed E-state index contributed by atoms with van der Waals surface area (Å²) >= 11 is 6.50. The van der Waals surface area contributed by atoms with E-state index in [1.54, 1.807) is 29.7 Å². The summed E-state index contributed by atoms with van der Waals surface area (Å²) in [4.78, 5) is 25.5. The van der Waals surface area contributed by atoms with E-state index in [2.05, 4.69) is 31.2 Å². The Morgan fingerprint density at radius 2 is 2.10 bits per heavy atom. The number of amidine groups is 1. The van der Waals surface area contributed by atoms with Gasteiger partial charge in [-0.05, 0) is 39.5 Å². The Bertz CT molecular complexity index is 1170. The van der Waals surface area contributed by atoms with Gasteiger partial charge in [0, 0.05) is 36.1 Å². The molecule has 1 fully saturated rings. The number of amides is 1. The third-order valence-corrected chi connectivity index (χ3v) is 8.35. The Hall–Kier alpha value is -2.30. The molecule has 10 heteroatoms. The number of benzene rings is 1. The number of nitrogens with one attached hydrogen (secondary N) is 1. The lowest BCUT2D eigenvalue weighted by molar-refractivity contribution is 0.0690. The molecule has 3 N–H and O–H groups in total. The van der Waals surface area contributed by atoms with E-state index in [1.807, 2.05) is 16.3 Å². The van der Waals surface area contributed by atoms with Gasteiger partial charge in [-0.25, -0.2) is 14.4 Å². The first kappa shape index (κ1) is 19.7. The van der Waals surface area contributed by atoms with Gasteiger partial charge in [-0.15, -0.1) is 22.7 Å². The third kappa shape index (κ3) is 3.32. The average molecular weight is 506 g/mol. The van der Waals surface area contributed by atoms with Crippen LogP contribution in [0.15, 0.2) is 45.3 Å². The van der Waals surface area contributed by atoms with Crippen LogP contribution in [0.5, 0.6) is 0 Å². The fourth-order valence-electron chi connectivity index (χ4n) is 3.85. The van der Waals surface area contributed by atoms with Crippen LogP contribution in [0.4, 0.5) is 10.1 Å². The molecule has 5 rings (SSSR count). The number of hydrogen-bond acceptors (Lipinski definition) is 7. The first-order chi connectivity index (χ1) is 14.5. The molecule has 0 radical (unpaired) electrons. The van der Waals surface area contributed by atoms with Gasteiger partial charge in [-0.3, -0.25) is 4.79 Å². The normalized spacial score (nSPS) is 17.4. The van der Waals surface area contributed by atoms with Gasteiger partial charge in [0.05, 0.1) is 16.6 Å². The van der Waals surface area contributed by atoms with Gasteiger partial charge in [0.1, 0.15) is 27.2 Å². The number of halogens is 2. The number of rotatable bonds is 2. The molecular weight excluding hydrogens is 489 g/mol. The maximum absolute atomic E-state index is 14.1. The van der Waals surface area contributed by atoms with Gasteiger partial charge < -0.3 is 16.0 Å². The van der Waals surface area contributed by atoms with Crippen LogP contribution in [0.2, 0.25) is 0 Å². The predicted molar refractivity (Wildman–Crippen MR) is 122 cm³/mol. The molecular formula is C20H17BrFN5OS2. The van der Waals surface area contributed by atoms with Crippen molar-refractivity contribution in [3.05, 3.63) is 56.6 Å². The van der Waals surface area contributed by atoms with Crippen molar-refractivity contribution in [3.8, 4) is 9.88 Å². The number of nitrogens with zero attached hydrogens (tertiary/aromatic N) is 3. The fourth-order valence-corrected chi connectivity index (χ4v) is 6.54. The predicted octanol–water partition coefficient (Wildman–Crippen LogP) is 4.54. The van der Waals surface area contributed by atoms with Crippen LogP contribution in [-0.2, 0) is 0 Å². The van der Waals surface area contributed by atoms with Crippen molar-refractivity contribution in [2.24, 2.45) is 10.7 Å². The topological polar surface area (TPSA) is 83.6 Å². The van der Waals surface area contributed by atoms with Crippen LogP contribution in [-0.4, -0.2) is 40.4 Å². The van der Waals surface area contributed by atoms with E-state index in [1.165, 1.54) is 17.4 Å². The molecule has 2 aliphatic rings. The Morgan fingerprint density at radius 3 is 2.83 bits per heavy atom. The molecule has 0 unspecified atom stereocenters. The molecule has 0 saturated carbocycles. The molecule has 0 aliphatic carbocycles. The number of thiophene rings is 1. The highest BCUT2D eigenvalue weighted by Gasteiger charge is 2.39. The van der Waals surface area contributed by atoms with Crippen molar-refractivity contribution in [1.82, 2.24) is 9.88 Å². The maximum atomic E-state index is 14.1. The number of piperidine rings is 1. The molecule has 1 amide bonds. The van der Waals surface area contributed by atoms with Crippen molar-refractivity contribution in [2.75, 3.05) is 18.4 Å². The van der Waals surface area contributed by atoms with Gasteiger partial charge in [0.2, 0.25) is 0 Å². The van der Waals surface area contributed by atoms with Gasteiger partial charge in [0.25, 0.3) is 5.91 Å². The maximum Gasteiger partial charge on any atom is 0.265 e. The second-order valence-electron chi connectivity index (χ2n) is 7.24. The van der Waals surface area contributed by atoms with E-state index in [4.69, 9.17) is 5.73 Å². The summed E-state index contributed by atoms with van der Waals surface area (Å²) in [6, 6.07) is 6.81. The molecule has 0 atom stereocenters. The molecule has 2 aromatic heterocycles. The minimum Gasteiger partial charge on any atom is -0.383 e.